The number of fused-ring (bicyclic) bond motifs is 1. The summed E-state index contributed by atoms with van der Waals surface area (Å²) in [5.41, 5.74) is 5.13. The van der Waals surface area contributed by atoms with Gasteiger partial charge in [-0.2, -0.15) is 0 Å². The Morgan fingerprint density at radius 3 is 2.75 bits per heavy atom. The van der Waals surface area contributed by atoms with E-state index in [1.165, 1.54) is 12.1 Å². The summed E-state index contributed by atoms with van der Waals surface area (Å²) in [5, 5.41) is 3.43. The van der Waals surface area contributed by atoms with Crippen molar-refractivity contribution in [3.63, 3.8) is 0 Å². The summed E-state index contributed by atoms with van der Waals surface area (Å²) in [6.45, 7) is 2.00. The van der Waals surface area contributed by atoms with Gasteiger partial charge >= 0.3 is 0 Å². The lowest BCUT2D eigenvalue weighted by Crippen LogP contribution is -2.15. The Labute approximate surface area is 167 Å². The first-order chi connectivity index (χ1) is 13.5. The number of halogens is 2. The van der Waals surface area contributed by atoms with Gasteiger partial charge in [0.25, 0.3) is 0 Å². The van der Waals surface area contributed by atoms with Gasteiger partial charge in [-0.25, -0.2) is 14.4 Å². The maximum absolute atomic E-state index is 13.0. The monoisotopic (exact) mass is 393 g/mol. The Kier molecular flexibility index (Phi) is 4.92. The molecule has 0 aliphatic carbocycles. The van der Waals surface area contributed by atoms with E-state index in [1.54, 1.807) is 30.5 Å². The second-order valence-corrected chi connectivity index (χ2v) is 7.18. The van der Waals surface area contributed by atoms with Gasteiger partial charge in [-0.3, -0.25) is 4.79 Å². The van der Waals surface area contributed by atoms with Crippen LogP contribution in [0.1, 0.15) is 22.3 Å². The first kappa shape index (κ1) is 18.3. The van der Waals surface area contributed by atoms with Crippen LogP contribution in [0.15, 0.2) is 59.7 Å². The summed E-state index contributed by atoms with van der Waals surface area (Å²) in [4.78, 5) is 21.3. The van der Waals surface area contributed by atoms with E-state index in [0.29, 0.717) is 22.9 Å². The van der Waals surface area contributed by atoms with Gasteiger partial charge in [-0.1, -0.05) is 29.8 Å². The Morgan fingerprint density at radius 2 is 1.96 bits per heavy atom. The van der Waals surface area contributed by atoms with Crippen molar-refractivity contribution in [3.05, 3.63) is 87.8 Å². The van der Waals surface area contributed by atoms with Crippen LogP contribution in [0, 0.1) is 12.7 Å². The van der Waals surface area contributed by atoms with Gasteiger partial charge in [-0.05, 0) is 48.4 Å². The number of carbonyl (C=O) groups excluding carboxylic acids is 1. The number of carbonyl (C=O) groups is 1. The molecule has 1 aromatic heterocycles. The van der Waals surface area contributed by atoms with Crippen molar-refractivity contribution in [2.75, 3.05) is 5.32 Å². The van der Waals surface area contributed by atoms with Crippen molar-refractivity contribution in [3.8, 4) is 0 Å². The summed E-state index contributed by atoms with van der Waals surface area (Å²) in [6.07, 6.45) is 2.60. The number of nitrogens with zero attached hydrogens (tertiary/aromatic N) is 2. The molecule has 0 bridgehead atoms. The molecule has 2 heterocycles. The van der Waals surface area contributed by atoms with Crippen LogP contribution in [0.5, 0.6) is 0 Å². The number of anilines is 1. The van der Waals surface area contributed by atoms with Crippen LogP contribution in [-0.4, -0.2) is 16.6 Å². The largest absolute Gasteiger partial charge is 0.326 e. The zero-order valence-corrected chi connectivity index (χ0v) is 15.9. The molecule has 2 aromatic carbocycles. The molecule has 0 saturated carbocycles. The highest BCUT2D eigenvalue weighted by Gasteiger charge is 2.20. The number of nitrogens with one attached hydrogen (secondary N) is 1. The van der Waals surface area contributed by atoms with Crippen molar-refractivity contribution in [1.82, 2.24) is 4.98 Å². The number of pyridine rings is 1. The molecular formula is C22H17ClFN3O. The van der Waals surface area contributed by atoms with Crippen molar-refractivity contribution in [1.29, 1.82) is 0 Å². The van der Waals surface area contributed by atoms with Crippen molar-refractivity contribution in [2.24, 2.45) is 4.99 Å². The standard InChI is InChI=1S/C22H17ClFN3O/c1-13-8-15-10-20(27-22(15)25-12-13)18-11-17(6-7-19(18)23)26-21(28)9-14-2-4-16(24)5-3-14/h2-8,11-12H,9-10H2,1H3,(H,26,28). The van der Waals surface area contributed by atoms with Gasteiger partial charge in [-0.15, -0.1) is 0 Å². The molecule has 4 rings (SSSR count). The summed E-state index contributed by atoms with van der Waals surface area (Å²) in [7, 11) is 0. The molecule has 1 aliphatic rings. The third-order valence-electron chi connectivity index (χ3n) is 4.52. The lowest BCUT2D eigenvalue weighted by molar-refractivity contribution is -0.115. The van der Waals surface area contributed by atoms with Gasteiger partial charge in [0, 0.05) is 34.5 Å². The average Bonchev–Trinajstić information content (AvgIpc) is 3.08. The molecule has 0 spiro atoms. The molecule has 140 valence electrons. The van der Waals surface area contributed by atoms with Crippen LogP contribution in [-0.2, 0) is 17.6 Å². The molecular weight excluding hydrogens is 377 g/mol. The molecule has 0 fully saturated rings. The minimum atomic E-state index is -0.325. The van der Waals surface area contributed by atoms with Crippen molar-refractivity contribution in [2.45, 2.75) is 19.8 Å². The van der Waals surface area contributed by atoms with E-state index in [9.17, 15) is 9.18 Å². The molecule has 1 N–H and O–H groups in total. The molecule has 28 heavy (non-hydrogen) atoms. The van der Waals surface area contributed by atoms with Crippen LogP contribution in [0.2, 0.25) is 5.02 Å². The molecule has 0 saturated heterocycles. The van der Waals surface area contributed by atoms with Gasteiger partial charge in [0.1, 0.15) is 5.82 Å². The summed E-state index contributed by atoms with van der Waals surface area (Å²) >= 11 is 6.38. The number of aliphatic imine (C=N–C) groups is 1. The third-order valence-corrected chi connectivity index (χ3v) is 4.85. The van der Waals surface area contributed by atoms with E-state index in [1.807, 2.05) is 13.0 Å². The molecule has 1 aliphatic heterocycles. The minimum absolute atomic E-state index is 0.161. The Morgan fingerprint density at radius 1 is 1.18 bits per heavy atom. The second-order valence-electron chi connectivity index (χ2n) is 6.78. The Balaban J connectivity index is 1.51. The maximum atomic E-state index is 13.0. The maximum Gasteiger partial charge on any atom is 0.228 e. The average molecular weight is 394 g/mol. The van der Waals surface area contributed by atoms with Gasteiger partial charge in [0.2, 0.25) is 5.91 Å². The van der Waals surface area contributed by atoms with E-state index in [-0.39, 0.29) is 18.1 Å². The van der Waals surface area contributed by atoms with Gasteiger partial charge in [0.05, 0.1) is 12.1 Å². The van der Waals surface area contributed by atoms with Gasteiger partial charge < -0.3 is 5.32 Å². The van der Waals surface area contributed by atoms with Crippen molar-refractivity contribution >= 4 is 34.7 Å². The normalized spacial score (nSPS) is 12.5. The fourth-order valence-corrected chi connectivity index (χ4v) is 3.40. The predicted octanol–water partition coefficient (Wildman–Crippen LogP) is 5.04. The fourth-order valence-electron chi connectivity index (χ4n) is 3.17. The fraction of sp³-hybridized carbons (Fsp3) is 0.136. The van der Waals surface area contributed by atoms with E-state index >= 15 is 0 Å². The highest BCUT2D eigenvalue weighted by Crippen LogP contribution is 2.31. The number of amides is 1. The highest BCUT2D eigenvalue weighted by atomic mass is 35.5. The second kappa shape index (κ2) is 7.52. The Bertz CT molecular complexity index is 1090. The topological polar surface area (TPSA) is 54.4 Å². The SMILES string of the molecule is Cc1cnc2c(c1)CC(c1cc(NC(=O)Cc3ccc(F)cc3)ccc1Cl)=N2. The Hall–Kier alpha value is -3.05. The number of aromatic nitrogens is 1. The lowest BCUT2D eigenvalue weighted by Gasteiger charge is -2.09. The van der Waals surface area contributed by atoms with E-state index < -0.39 is 0 Å². The van der Waals surface area contributed by atoms with Crippen LogP contribution in [0.4, 0.5) is 15.9 Å². The van der Waals surface area contributed by atoms with E-state index in [4.69, 9.17) is 11.6 Å². The number of benzene rings is 2. The molecule has 0 atom stereocenters. The van der Waals surface area contributed by atoms with Gasteiger partial charge in [0.15, 0.2) is 5.82 Å². The zero-order chi connectivity index (χ0) is 19.7. The predicted molar refractivity (Wildman–Crippen MR) is 109 cm³/mol. The smallest absolute Gasteiger partial charge is 0.228 e. The van der Waals surface area contributed by atoms with E-state index in [0.717, 1.165) is 28.0 Å². The number of aryl methyl sites for hydroxylation is 1. The number of hydrogen-bond donors (Lipinski definition) is 1. The van der Waals surface area contributed by atoms with Crippen LogP contribution < -0.4 is 5.32 Å². The summed E-state index contributed by atoms with van der Waals surface area (Å²) < 4.78 is 13.0. The van der Waals surface area contributed by atoms with Crippen LogP contribution in [0.3, 0.4) is 0 Å². The minimum Gasteiger partial charge on any atom is -0.326 e. The van der Waals surface area contributed by atoms with E-state index in [2.05, 4.69) is 21.4 Å². The molecule has 6 heteroatoms. The molecule has 3 aromatic rings. The number of hydrogen-bond acceptors (Lipinski definition) is 3. The highest BCUT2D eigenvalue weighted by molar-refractivity contribution is 6.34. The third kappa shape index (κ3) is 3.94. The summed E-state index contributed by atoms with van der Waals surface area (Å²) in [5.74, 6) is 0.200. The van der Waals surface area contributed by atoms with Crippen molar-refractivity contribution < 1.29 is 9.18 Å². The first-order valence-electron chi connectivity index (χ1n) is 8.85. The molecule has 0 unspecified atom stereocenters. The lowest BCUT2D eigenvalue weighted by atomic mass is 10.0. The van der Waals surface area contributed by atoms with Crippen LogP contribution >= 0.6 is 11.6 Å². The zero-order valence-electron chi connectivity index (χ0n) is 15.2. The van der Waals surface area contributed by atoms with Crippen LogP contribution in [0.25, 0.3) is 0 Å². The molecule has 1 amide bonds. The summed E-state index contributed by atoms with van der Waals surface area (Å²) in [6, 6.07) is 13.3. The molecule has 0 radical (unpaired) electrons. The quantitative estimate of drug-likeness (QED) is 0.675. The number of rotatable bonds is 4. The molecule has 4 nitrogen and oxygen atoms in total. The first-order valence-corrected chi connectivity index (χ1v) is 9.23.